The molecule has 1 heterocycles. The first-order chi connectivity index (χ1) is 14.0. The van der Waals surface area contributed by atoms with Gasteiger partial charge in [-0.05, 0) is 42.7 Å². The summed E-state index contributed by atoms with van der Waals surface area (Å²) >= 11 is 0. The Kier molecular flexibility index (Phi) is 12.7. The van der Waals surface area contributed by atoms with Gasteiger partial charge in [-0.25, -0.2) is 18.5 Å². The third-order valence-corrected chi connectivity index (χ3v) is 5.22. The van der Waals surface area contributed by atoms with Gasteiger partial charge in [-0.2, -0.15) is 0 Å². The van der Waals surface area contributed by atoms with Gasteiger partial charge in [-0.3, -0.25) is 0 Å². The van der Waals surface area contributed by atoms with Crippen LogP contribution < -0.4 is 15.8 Å². The van der Waals surface area contributed by atoms with Crippen molar-refractivity contribution in [1.82, 2.24) is 10.6 Å². The highest BCUT2D eigenvalue weighted by Gasteiger charge is 2.07. The van der Waals surface area contributed by atoms with Gasteiger partial charge in [0.1, 0.15) is 5.76 Å². The smallest absolute Gasteiger partial charge is 0.238 e. The summed E-state index contributed by atoms with van der Waals surface area (Å²) in [4.78, 5) is 4.67. The number of nitrogens with two attached hydrogens (primary N) is 1. The van der Waals surface area contributed by atoms with E-state index < -0.39 is 10.0 Å². The van der Waals surface area contributed by atoms with Crippen LogP contribution in [0.5, 0.6) is 0 Å². The van der Waals surface area contributed by atoms with Crippen molar-refractivity contribution in [3.05, 3.63) is 54.0 Å². The quantitative estimate of drug-likeness (QED) is 0.139. The molecule has 0 saturated carbocycles. The molecule has 10 heteroatoms. The van der Waals surface area contributed by atoms with Gasteiger partial charge >= 0.3 is 0 Å². The zero-order chi connectivity index (χ0) is 21.0. The van der Waals surface area contributed by atoms with Gasteiger partial charge in [0, 0.05) is 26.1 Å². The number of rotatable bonds is 12. The summed E-state index contributed by atoms with van der Waals surface area (Å²) < 4.78 is 28.0. The maximum atomic E-state index is 11.3. The van der Waals surface area contributed by atoms with Gasteiger partial charge in [-0.1, -0.05) is 25.0 Å². The number of hydrogen-bond donors (Lipinski definition) is 4. The van der Waals surface area contributed by atoms with Crippen LogP contribution in [0, 0.1) is 0 Å². The molecule has 0 spiro atoms. The van der Waals surface area contributed by atoms with Crippen LogP contribution in [0.4, 0.5) is 0 Å². The summed E-state index contributed by atoms with van der Waals surface area (Å²) in [6.07, 6.45) is 6.27. The first-order valence-corrected chi connectivity index (χ1v) is 11.3. The molecule has 30 heavy (non-hydrogen) atoms. The number of unbranched alkanes of at least 4 members (excludes halogenated alkanes) is 3. The lowest BCUT2D eigenvalue weighted by molar-refractivity contribution is 0.282. The number of furan rings is 1. The molecule has 0 aliphatic carbocycles. The minimum absolute atomic E-state index is 0. The fourth-order valence-corrected chi connectivity index (χ4v) is 3.20. The van der Waals surface area contributed by atoms with Crippen LogP contribution in [0.15, 0.2) is 57.0 Å². The van der Waals surface area contributed by atoms with Crippen molar-refractivity contribution < 1.29 is 17.9 Å². The van der Waals surface area contributed by atoms with E-state index in [1.807, 2.05) is 12.1 Å². The van der Waals surface area contributed by atoms with Gasteiger partial charge in [0.15, 0.2) is 5.96 Å². The maximum Gasteiger partial charge on any atom is 0.238 e. The molecule has 0 fully saturated rings. The normalized spacial score (nSPS) is 11.7. The fourth-order valence-electron chi connectivity index (χ4n) is 2.69. The van der Waals surface area contributed by atoms with E-state index in [9.17, 15) is 8.42 Å². The van der Waals surface area contributed by atoms with Crippen LogP contribution in [-0.4, -0.2) is 39.2 Å². The van der Waals surface area contributed by atoms with E-state index in [1.54, 1.807) is 18.4 Å². The van der Waals surface area contributed by atoms with Crippen molar-refractivity contribution in [2.45, 2.75) is 43.5 Å². The molecule has 0 saturated heterocycles. The van der Waals surface area contributed by atoms with E-state index in [1.165, 1.54) is 12.1 Å². The predicted octanol–water partition coefficient (Wildman–Crippen LogP) is 2.38. The van der Waals surface area contributed by atoms with Crippen LogP contribution in [-0.2, 0) is 23.0 Å². The lowest BCUT2D eigenvalue weighted by Crippen LogP contribution is -2.39. The SMILES string of the molecule is I.NS(=O)(=O)c1ccc(CN=C(NCCCCCCO)NCCc2ccco2)cc1. The van der Waals surface area contributed by atoms with E-state index in [0.717, 1.165) is 50.0 Å². The van der Waals surface area contributed by atoms with Crippen LogP contribution >= 0.6 is 24.0 Å². The molecule has 0 aliphatic heterocycles. The Balaban J connectivity index is 0.00000450. The first-order valence-electron chi connectivity index (χ1n) is 9.76. The first kappa shape index (κ1) is 26.4. The summed E-state index contributed by atoms with van der Waals surface area (Å²) in [6, 6.07) is 10.2. The zero-order valence-corrected chi connectivity index (χ0v) is 20.1. The second kappa shape index (κ2) is 14.4. The lowest BCUT2D eigenvalue weighted by atomic mass is 10.2. The van der Waals surface area contributed by atoms with E-state index in [2.05, 4.69) is 15.6 Å². The number of aliphatic hydroxyl groups excluding tert-OH is 1. The molecule has 2 aromatic rings. The van der Waals surface area contributed by atoms with E-state index in [0.29, 0.717) is 19.0 Å². The Hall–Kier alpha value is -1.63. The molecule has 0 radical (unpaired) electrons. The molecule has 0 amide bonds. The number of guanidine groups is 1. The second-order valence-electron chi connectivity index (χ2n) is 6.67. The number of nitrogens with zero attached hydrogens (tertiary/aromatic N) is 1. The Morgan fingerprint density at radius 2 is 1.73 bits per heavy atom. The maximum absolute atomic E-state index is 11.3. The highest BCUT2D eigenvalue weighted by Crippen LogP contribution is 2.09. The number of sulfonamides is 1. The Morgan fingerprint density at radius 1 is 1.03 bits per heavy atom. The summed E-state index contributed by atoms with van der Waals surface area (Å²) in [5, 5.41) is 20.6. The Labute approximate surface area is 195 Å². The van der Waals surface area contributed by atoms with E-state index >= 15 is 0 Å². The van der Waals surface area contributed by atoms with Gasteiger partial charge in [-0.15, -0.1) is 24.0 Å². The number of nitrogens with one attached hydrogen (secondary N) is 2. The van der Waals surface area contributed by atoms with Crippen LogP contribution in [0.1, 0.15) is 37.0 Å². The predicted molar refractivity (Wildman–Crippen MR) is 128 cm³/mol. The third-order valence-electron chi connectivity index (χ3n) is 4.29. The fraction of sp³-hybridized carbons (Fsp3) is 0.450. The molecule has 1 aromatic carbocycles. The lowest BCUT2D eigenvalue weighted by Gasteiger charge is -2.12. The molecule has 0 aliphatic rings. The monoisotopic (exact) mass is 550 g/mol. The summed E-state index contributed by atoms with van der Waals surface area (Å²) in [7, 11) is -3.69. The molecule has 8 nitrogen and oxygen atoms in total. The molecule has 168 valence electrons. The van der Waals surface area contributed by atoms with Crippen LogP contribution in [0.25, 0.3) is 0 Å². The summed E-state index contributed by atoms with van der Waals surface area (Å²) in [6.45, 7) is 2.10. The largest absolute Gasteiger partial charge is 0.469 e. The summed E-state index contributed by atoms with van der Waals surface area (Å²) in [5.41, 5.74) is 0.882. The van der Waals surface area contributed by atoms with Crippen molar-refractivity contribution in [2.24, 2.45) is 10.1 Å². The molecule has 0 unspecified atom stereocenters. The average molecular weight is 550 g/mol. The van der Waals surface area contributed by atoms with Crippen molar-refractivity contribution in [1.29, 1.82) is 0 Å². The van der Waals surface area contributed by atoms with Crippen molar-refractivity contribution in [2.75, 3.05) is 19.7 Å². The zero-order valence-electron chi connectivity index (χ0n) is 16.9. The molecule has 1 aromatic heterocycles. The van der Waals surface area contributed by atoms with Crippen molar-refractivity contribution in [3.8, 4) is 0 Å². The van der Waals surface area contributed by atoms with Crippen molar-refractivity contribution >= 4 is 40.0 Å². The second-order valence-corrected chi connectivity index (χ2v) is 8.24. The molecule has 2 rings (SSSR count). The van der Waals surface area contributed by atoms with Crippen LogP contribution in [0.2, 0.25) is 0 Å². The number of benzene rings is 1. The van der Waals surface area contributed by atoms with Crippen LogP contribution in [0.3, 0.4) is 0 Å². The minimum Gasteiger partial charge on any atom is -0.469 e. The van der Waals surface area contributed by atoms with E-state index in [-0.39, 0.29) is 35.5 Å². The number of aliphatic imine (C=N–C) groups is 1. The van der Waals surface area contributed by atoms with Gasteiger partial charge in [0.05, 0.1) is 17.7 Å². The minimum atomic E-state index is -3.69. The topological polar surface area (TPSA) is 130 Å². The molecular weight excluding hydrogens is 519 g/mol. The molecule has 0 bridgehead atoms. The van der Waals surface area contributed by atoms with Gasteiger partial charge < -0.3 is 20.2 Å². The van der Waals surface area contributed by atoms with E-state index in [4.69, 9.17) is 14.7 Å². The number of hydrogen-bond acceptors (Lipinski definition) is 5. The molecular formula is C20H31IN4O4S. The molecule has 5 N–H and O–H groups in total. The number of aliphatic hydroxyl groups is 1. The summed E-state index contributed by atoms with van der Waals surface area (Å²) in [5.74, 6) is 1.59. The number of halogens is 1. The number of primary sulfonamides is 1. The Bertz CT molecular complexity index is 840. The standard InChI is InChI=1S/C20H30N4O4S.HI/c21-29(26,27)19-9-7-17(8-10-19)16-24-20(22-12-3-1-2-4-14-25)23-13-11-18-6-5-15-28-18;/h5-10,15,25H,1-4,11-14,16H2,(H2,21,26,27)(H2,22,23,24);1H. The van der Waals surface area contributed by atoms with Gasteiger partial charge in [0.2, 0.25) is 10.0 Å². The highest BCUT2D eigenvalue weighted by molar-refractivity contribution is 14.0. The van der Waals surface area contributed by atoms with Crippen molar-refractivity contribution in [3.63, 3.8) is 0 Å². The Morgan fingerprint density at radius 3 is 2.37 bits per heavy atom. The third kappa shape index (κ3) is 10.4. The molecule has 0 atom stereocenters. The van der Waals surface area contributed by atoms with Gasteiger partial charge in [0.25, 0.3) is 0 Å². The highest BCUT2D eigenvalue weighted by atomic mass is 127. The average Bonchev–Trinajstić information content (AvgIpc) is 3.21.